The summed E-state index contributed by atoms with van der Waals surface area (Å²) < 4.78 is 19.2. The summed E-state index contributed by atoms with van der Waals surface area (Å²) in [6, 6.07) is 0. The van der Waals surface area contributed by atoms with Crippen molar-refractivity contribution >= 4 is 17.3 Å². The van der Waals surface area contributed by atoms with Gasteiger partial charge in [-0.3, -0.25) is 0 Å². The van der Waals surface area contributed by atoms with Gasteiger partial charge in [0.1, 0.15) is 0 Å². The molecule has 0 radical (unpaired) electrons. The molecular weight excluding hydrogens is 107 g/mol. The molecule has 0 rings (SSSR count). The van der Waals surface area contributed by atoms with E-state index in [0.29, 0.717) is 0 Å². The Labute approximate surface area is 36.2 Å². The van der Waals surface area contributed by atoms with Gasteiger partial charge in [0.05, 0.1) is 0 Å². The van der Waals surface area contributed by atoms with Gasteiger partial charge in [-0.2, -0.15) is 0 Å². The van der Waals surface area contributed by atoms with E-state index in [4.69, 9.17) is 9.57 Å². The second kappa shape index (κ2) is 2.68. The van der Waals surface area contributed by atoms with Crippen LogP contribution in [0.25, 0.3) is 0 Å². The van der Waals surface area contributed by atoms with E-state index in [1.54, 1.807) is 0 Å². The molecule has 0 spiro atoms. The zero-order chi connectivity index (χ0) is 4.99. The molecule has 0 aliphatic rings. The molecule has 0 saturated carbocycles. The highest BCUT2D eigenvalue weighted by Gasteiger charge is 1.72. The molecule has 0 bridgehead atoms. The van der Waals surface area contributed by atoms with Crippen molar-refractivity contribution in [2.75, 3.05) is 0 Å². The first-order chi connectivity index (χ1) is 2.77. The third kappa shape index (κ3) is 3.46. The van der Waals surface area contributed by atoms with Crippen LogP contribution in [0.5, 0.6) is 0 Å². The Bertz CT molecular complexity index is 106. The molecule has 34 valence electrons. The molecule has 0 aromatic heterocycles. The highest BCUT2D eigenvalue weighted by molar-refractivity contribution is 7.79. The number of carbonyl (C=O) groups excluding carboxylic acids is 1. The van der Waals surface area contributed by atoms with Crippen LogP contribution in [0.4, 0.5) is 3.89 Å². The van der Waals surface area contributed by atoms with E-state index in [9.17, 15) is 3.89 Å². The number of hydrogen-bond acceptors (Lipinski definition) is 2. The van der Waals surface area contributed by atoms with Crippen LogP contribution < -0.4 is 0 Å². The van der Waals surface area contributed by atoms with Gasteiger partial charge in [-0.1, -0.05) is 4.40 Å². The molecule has 6 heavy (non-hydrogen) atoms. The van der Waals surface area contributed by atoms with E-state index < -0.39 is 11.3 Å². The second-order valence-corrected chi connectivity index (χ2v) is 1.08. The quantitative estimate of drug-likeness (QED) is 0.386. The molecule has 0 heterocycles. The number of nitrogens with zero attached hydrogens (tertiary/aromatic N) is 1. The molecular formula is CHFN2OS. The third-order valence-corrected chi connectivity index (χ3v) is 0.352. The van der Waals surface area contributed by atoms with Gasteiger partial charge in [0.2, 0.25) is 11.3 Å². The van der Waals surface area contributed by atoms with Gasteiger partial charge in [0.25, 0.3) is 6.08 Å². The molecule has 1 N–H and O–H groups in total. The molecule has 3 nitrogen and oxygen atoms in total. The Kier molecular flexibility index (Phi) is 2.44. The topological polar surface area (TPSA) is 53.3 Å². The van der Waals surface area contributed by atoms with Gasteiger partial charge >= 0.3 is 0 Å². The summed E-state index contributed by atoms with van der Waals surface area (Å²) in [5.41, 5.74) is 0. The summed E-state index contributed by atoms with van der Waals surface area (Å²) in [7, 11) is 0. The van der Waals surface area contributed by atoms with Crippen LogP contribution in [0.2, 0.25) is 0 Å². The lowest BCUT2D eigenvalue weighted by atomic mass is 11.7. The first-order valence-corrected chi connectivity index (χ1v) is 2.05. The summed E-state index contributed by atoms with van der Waals surface area (Å²) >= 11 is -2.36. The predicted molar refractivity (Wildman–Crippen MR) is 19.3 cm³/mol. The van der Waals surface area contributed by atoms with E-state index >= 15 is 0 Å². The standard InChI is InChI=1S/CHFN2OS/c2-6(3)4-1-5/h3H. The lowest BCUT2D eigenvalue weighted by molar-refractivity contribution is 0.566. The Hall–Kier alpha value is -0.540. The first kappa shape index (κ1) is 5.46. The van der Waals surface area contributed by atoms with Crippen molar-refractivity contribution in [3.63, 3.8) is 0 Å². The van der Waals surface area contributed by atoms with Crippen LogP contribution in [-0.2, 0) is 16.1 Å². The number of nitrogens with one attached hydrogen (secondary N) is 1. The molecule has 0 saturated heterocycles. The fourth-order valence-electron chi connectivity index (χ4n) is 0.0327. The molecule has 0 aromatic rings. The zero-order valence-electron chi connectivity index (χ0n) is 2.64. The van der Waals surface area contributed by atoms with Crippen LogP contribution in [0.1, 0.15) is 0 Å². The fraction of sp³-hybridized carbons (Fsp3) is 0. The molecule has 0 aromatic carbocycles. The lowest BCUT2D eigenvalue weighted by Crippen LogP contribution is -1.59. The normalized spacial score (nSPS) is 12.2. The van der Waals surface area contributed by atoms with E-state index in [1.807, 2.05) is 0 Å². The monoisotopic (exact) mass is 108 g/mol. The van der Waals surface area contributed by atoms with Crippen molar-refractivity contribution in [2.45, 2.75) is 0 Å². The SMILES string of the molecule is N=S(F)N=C=O. The third-order valence-electron chi connectivity index (χ3n) is 0.117. The van der Waals surface area contributed by atoms with Gasteiger partial charge in [-0.15, -0.1) is 3.89 Å². The van der Waals surface area contributed by atoms with Gasteiger partial charge < -0.3 is 0 Å². The molecule has 1 unspecified atom stereocenters. The maximum Gasteiger partial charge on any atom is 0.250 e. The van der Waals surface area contributed by atoms with Gasteiger partial charge in [-0.25, -0.2) is 9.57 Å². The minimum Gasteiger partial charge on any atom is -0.230 e. The summed E-state index contributed by atoms with van der Waals surface area (Å²) in [4.78, 5) is 8.97. The number of rotatable bonds is 1. The van der Waals surface area contributed by atoms with Gasteiger partial charge in [-0.05, 0) is 0 Å². The Morgan fingerprint density at radius 2 is 2.50 bits per heavy atom. The van der Waals surface area contributed by atoms with Crippen molar-refractivity contribution < 1.29 is 8.68 Å². The number of hydrogen-bond donors (Lipinski definition) is 1. The summed E-state index contributed by atoms with van der Waals surface area (Å²) in [5.74, 6) is 0. The highest BCUT2D eigenvalue weighted by Crippen LogP contribution is 1.78. The maximum absolute atomic E-state index is 11.0. The van der Waals surface area contributed by atoms with Crippen LogP contribution in [0.15, 0.2) is 4.40 Å². The molecule has 0 fully saturated rings. The van der Waals surface area contributed by atoms with Crippen molar-refractivity contribution in [1.82, 2.24) is 0 Å². The molecule has 1 atom stereocenters. The zero-order valence-corrected chi connectivity index (χ0v) is 3.46. The molecule has 0 aliphatic carbocycles. The maximum atomic E-state index is 11.0. The van der Waals surface area contributed by atoms with E-state index in [1.165, 1.54) is 0 Å². The molecule has 0 aliphatic heterocycles. The molecule has 0 amide bonds. The number of halogens is 1. The molecule has 5 heteroatoms. The largest absolute Gasteiger partial charge is 0.250 e. The van der Waals surface area contributed by atoms with Crippen LogP contribution in [-0.4, -0.2) is 6.08 Å². The van der Waals surface area contributed by atoms with Crippen LogP contribution in [0.3, 0.4) is 0 Å². The predicted octanol–water partition coefficient (Wildman–Crippen LogP) is 0.502. The van der Waals surface area contributed by atoms with Crippen molar-refractivity contribution in [3.8, 4) is 0 Å². The van der Waals surface area contributed by atoms with Crippen molar-refractivity contribution in [1.29, 1.82) is 4.78 Å². The minimum atomic E-state index is -2.36. The Morgan fingerprint density at radius 1 is 2.00 bits per heavy atom. The summed E-state index contributed by atoms with van der Waals surface area (Å²) in [6.45, 7) is 0. The van der Waals surface area contributed by atoms with Gasteiger partial charge in [0, 0.05) is 0 Å². The van der Waals surface area contributed by atoms with Crippen LogP contribution >= 0.6 is 0 Å². The highest BCUT2D eigenvalue weighted by atomic mass is 32.2. The first-order valence-electron chi connectivity index (χ1n) is 0.969. The lowest BCUT2D eigenvalue weighted by Gasteiger charge is -1.63. The minimum absolute atomic E-state index is 0.892. The smallest absolute Gasteiger partial charge is 0.230 e. The fourth-order valence-corrected chi connectivity index (χ4v) is 0.0982. The van der Waals surface area contributed by atoms with E-state index in [2.05, 4.69) is 4.40 Å². The van der Waals surface area contributed by atoms with Crippen molar-refractivity contribution in [2.24, 2.45) is 4.40 Å². The second-order valence-electron chi connectivity index (χ2n) is 0.420. The summed E-state index contributed by atoms with van der Waals surface area (Å²) in [6.07, 6.45) is 0.892. The Morgan fingerprint density at radius 3 is 2.50 bits per heavy atom. The average Bonchev–Trinajstić information content (AvgIpc) is 1.35. The summed E-state index contributed by atoms with van der Waals surface area (Å²) in [5, 5.41) is 0. The van der Waals surface area contributed by atoms with Crippen LogP contribution in [0, 0.1) is 4.78 Å². The van der Waals surface area contributed by atoms with Gasteiger partial charge in [0.15, 0.2) is 0 Å². The Balaban J connectivity index is 3.60. The average molecular weight is 108 g/mol. The number of isocyanates is 1. The van der Waals surface area contributed by atoms with Crippen molar-refractivity contribution in [3.05, 3.63) is 0 Å². The van der Waals surface area contributed by atoms with E-state index in [0.717, 1.165) is 6.08 Å². The van der Waals surface area contributed by atoms with E-state index in [-0.39, 0.29) is 0 Å².